The highest BCUT2D eigenvalue weighted by Gasteiger charge is 2.24. The number of esters is 1. The van der Waals surface area contributed by atoms with Crippen LogP contribution in [0, 0.1) is 0 Å². The molecule has 0 aliphatic rings. The van der Waals surface area contributed by atoms with E-state index in [0.29, 0.717) is 21.3 Å². The summed E-state index contributed by atoms with van der Waals surface area (Å²) in [5, 5.41) is 3.24. The molecule has 0 bridgehead atoms. The number of hydrogen-bond donors (Lipinski definition) is 1. The molecular formula is C18H16N2O4S. The van der Waals surface area contributed by atoms with Crippen molar-refractivity contribution in [2.24, 2.45) is 0 Å². The molecule has 3 aromatic rings. The third-order valence-electron chi connectivity index (χ3n) is 3.51. The quantitative estimate of drug-likeness (QED) is 0.709. The van der Waals surface area contributed by atoms with Gasteiger partial charge in [-0.15, -0.1) is 11.3 Å². The number of nitrogens with zero attached hydrogens (tertiary/aromatic N) is 1. The highest BCUT2D eigenvalue weighted by molar-refractivity contribution is 7.17. The first-order valence-corrected chi connectivity index (χ1v) is 8.40. The summed E-state index contributed by atoms with van der Waals surface area (Å²) in [5.41, 5.74) is 1.36. The summed E-state index contributed by atoms with van der Waals surface area (Å²) < 4.78 is 10.0. The molecule has 128 valence electrons. The van der Waals surface area contributed by atoms with Crippen LogP contribution in [-0.2, 0) is 9.53 Å². The van der Waals surface area contributed by atoms with Gasteiger partial charge in [-0.3, -0.25) is 4.79 Å². The van der Waals surface area contributed by atoms with Crippen molar-refractivity contribution < 1.29 is 18.7 Å². The highest BCUT2D eigenvalue weighted by atomic mass is 32.1. The lowest BCUT2D eigenvalue weighted by atomic mass is 10.1. The van der Waals surface area contributed by atoms with Gasteiger partial charge in [0.1, 0.15) is 10.9 Å². The molecule has 1 amide bonds. The van der Waals surface area contributed by atoms with Crippen molar-refractivity contribution in [3.8, 4) is 22.0 Å². The van der Waals surface area contributed by atoms with Crippen LogP contribution in [0.15, 0.2) is 53.1 Å². The number of hydrogen-bond acceptors (Lipinski definition) is 6. The fourth-order valence-electron chi connectivity index (χ4n) is 2.27. The molecule has 0 aliphatic heterocycles. The van der Waals surface area contributed by atoms with Gasteiger partial charge in [0.25, 0.3) is 5.91 Å². The molecule has 6 nitrogen and oxygen atoms in total. The number of ether oxygens (including phenoxy) is 1. The molecule has 25 heavy (non-hydrogen) atoms. The minimum absolute atomic E-state index is 0.382. The summed E-state index contributed by atoms with van der Waals surface area (Å²) in [7, 11) is 1.28. The molecule has 1 aromatic carbocycles. The predicted molar refractivity (Wildman–Crippen MR) is 94.2 cm³/mol. The zero-order valence-electron chi connectivity index (χ0n) is 13.7. The average Bonchev–Trinajstić information content (AvgIpc) is 3.31. The fraction of sp³-hybridized carbons (Fsp3) is 0.167. The van der Waals surface area contributed by atoms with Crippen LogP contribution in [0.1, 0.15) is 16.6 Å². The van der Waals surface area contributed by atoms with Crippen molar-refractivity contribution in [2.45, 2.75) is 13.0 Å². The number of furan rings is 1. The Balaban J connectivity index is 1.99. The molecule has 0 fully saturated rings. The molecule has 7 heteroatoms. The van der Waals surface area contributed by atoms with Gasteiger partial charge in [-0.05, 0) is 19.1 Å². The number of thiazole rings is 1. The topological polar surface area (TPSA) is 81.4 Å². The van der Waals surface area contributed by atoms with Crippen LogP contribution in [-0.4, -0.2) is 30.0 Å². The van der Waals surface area contributed by atoms with Crippen molar-refractivity contribution in [3.05, 3.63) is 53.6 Å². The van der Waals surface area contributed by atoms with Gasteiger partial charge in [-0.2, -0.15) is 0 Å². The van der Waals surface area contributed by atoms with Crippen molar-refractivity contribution >= 4 is 23.2 Å². The van der Waals surface area contributed by atoms with E-state index >= 15 is 0 Å². The Kier molecular flexibility index (Phi) is 4.95. The molecule has 0 aliphatic carbocycles. The second-order valence-electron chi connectivity index (χ2n) is 5.26. The minimum atomic E-state index is -0.754. The van der Waals surface area contributed by atoms with Gasteiger partial charge in [-0.1, -0.05) is 30.3 Å². The van der Waals surface area contributed by atoms with E-state index in [1.807, 2.05) is 30.3 Å². The molecule has 1 atom stereocenters. The average molecular weight is 356 g/mol. The van der Waals surface area contributed by atoms with E-state index in [0.717, 1.165) is 5.56 Å². The summed E-state index contributed by atoms with van der Waals surface area (Å²) in [6, 6.07) is 12.2. The Morgan fingerprint density at radius 1 is 1.20 bits per heavy atom. The molecule has 0 saturated heterocycles. The lowest BCUT2D eigenvalue weighted by Gasteiger charge is -2.11. The smallest absolute Gasteiger partial charge is 0.328 e. The molecule has 0 unspecified atom stereocenters. The second-order valence-corrected chi connectivity index (χ2v) is 6.26. The van der Waals surface area contributed by atoms with Crippen molar-refractivity contribution in [1.29, 1.82) is 0 Å². The standard InChI is InChI=1S/C18H16N2O4S/c1-11(18(22)23-2)19-16(21)15-14(12-7-4-3-5-8-12)20-17(25-15)13-9-6-10-24-13/h3-11H,1-2H3,(H,19,21)/t11-/m0/s1. The monoisotopic (exact) mass is 356 g/mol. The summed E-state index contributed by atoms with van der Waals surface area (Å²) in [5.74, 6) is -0.306. The van der Waals surface area contributed by atoms with E-state index < -0.39 is 12.0 Å². The molecule has 2 heterocycles. The maximum Gasteiger partial charge on any atom is 0.328 e. The van der Waals surface area contributed by atoms with Gasteiger partial charge in [-0.25, -0.2) is 9.78 Å². The summed E-state index contributed by atoms with van der Waals surface area (Å²) in [4.78, 5) is 29.2. The van der Waals surface area contributed by atoms with Crippen LogP contribution < -0.4 is 5.32 Å². The molecule has 0 saturated carbocycles. The number of aromatic nitrogens is 1. The van der Waals surface area contributed by atoms with Gasteiger partial charge in [0.2, 0.25) is 0 Å². The summed E-state index contributed by atoms with van der Waals surface area (Å²) in [6.07, 6.45) is 1.55. The van der Waals surface area contributed by atoms with Crippen LogP contribution >= 0.6 is 11.3 Å². The number of amides is 1. The first-order chi connectivity index (χ1) is 12.1. The Hall–Kier alpha value is -2.93. The van der Waals surface area contributed by atoms with Crippen LogP contribution in [0.3, 0.4) is 0 Å². The normalized spacial score (nSPS) is 11.8. The first kappa shape index (κ1) is 16.9. The number of carbonyl (C=O) groups excluding carboxylic acids is 2. The van der Waals surface area contributed by atoms with Crippen LogP contribution in [0.25, 0.3) is 22.0 Å². The van der Waals surface area contributed by atoms with E-state index in [2.05, 4.69) is 15.0 Å². The minimum Gasteiger partial charge on any atom is -0.467 e. The van der Waals surface area contributed by atoms with Gasteiger partial charge in [0.05, 0.1) is 19.1 Å². The van der Waals surface area contributed by atoms with Gasteiger partial charge < -0.3 is 14.5 Å². The van der Waals surface area contributed by atoms with E-state index in [9.17, 15) is 9.59 Å². The fourth-order valence-corrected chi connectivity index (χ4v) is 3.23. The van der Waals surface area contributed by atoms with Gasteiger partial charge in [0.15, 0.2) is 10.8 Å². The highest BCUT2D eigenvalue weighted by Crippen LogP contribution is 2.34. The molecule has 1 N–H and O–H groups in total. The summed E-state index contributed by atoms with van der Waals surface area (Å²) >= 11 is 1.21. The molecule has 3 rings (SSSR count). The number of benzene rings is 1. The van der Waals surface area contributed by atoms with Crippen LogP contribution in [0.2, 0.25) is 0 Å². The maximum atomic E-state index is 12.7. The summed E-state index contributed by atoms with van der Waals surface area (Å²) in [6.45, 7) is 1.57. The van der Waals surface area contributed by atoms with E-state index in [-0.39, 0.29) is 5.91 Å². The third kappa shape index (κ3) is 3.61. The zero-order valence-corrected chi connectivity index (χ0v) is 14.5. The van der Waals surface area contributed by atoms with Crippen LogP contribution in [0.5, 0.6) is 0 Å². The first-order valence-electron chi connectivity index (χ1n) is 7.59. The lowest BCUT2D eigenvalue weighted by molar-refractivity contribution is -0.142. The zero-order chi connectivity index (χ0) is 17.8. The molecule has 0 spiro atoms. The maximum absolute atomic E-state index is 12.7. The third-order valence-corrected chi connectivity index (χ3v) is 4.58. The van der Waals surface area contributed by atoms with Gasteiger partial charge >= 0.3 is 5.97 Å². The van der Waals surface area contributed by atoms with Crippen molar-refractivity contribution in [2.75, 3.05) is 7.11 Å². The molecule has 0 radical (unpaired) electrons. The Morgan fingerprint density at radius 2 is 1.96 bits per heavy atom. The van der Waals surface area contributed by atoms with Crippen molar-refractivity contribution in [3.63, 3.8) is 0 Å². The Bertz CT molecular complexity index is 872. The Labute approximate surface area is 148 Å². The SMILES string of the molecule is COC(=O)[C@H](C)NC(=O)c1sc(-c2ccco2)nc1-c1ccccc1. The van der Waals surface area contributed by atoms with E-state index in [1.54, 1.807) is 25.3 Å². The predicted octanol–water partition coefficient (Wildman–Crippen LogP) is 3.36. The molecular weight excluding hydrogens is 340 g/mol. The second kappa shape index (κ2) is 7.31. The van der Waals surface area contributed by atoms with Crippen molar-refractivity contribution in [1.82, 2.24) is 10.3 Å². The number of carbonyl (C=O) groups is 2. The van der Waals surface area contributed by atoms with E-state index in [4.69, 9.17) is 4.42 Å². The van der Waals surface area contributed by atoms with Gasteiger partial charge in [0, 0.05) is 5.56 Å². The Morgan fingerprint density at radius 3 is 2.60 bits per heavy atom. The number of rotatable bonds is 5. The number of nitrogens with one attached hydrogen (secondary N) is 1. The van der Waals surface area contributed by atoms with E-state index in [1.165, 1.54) is 18.4 Å². The molecule has 2 aromatic heterocycles. The lowest BCUT2D eigenvalue weighted by Crippen LogP contribution is -2.39. The number of methoxy groups -OCH3 is 1. The largest absolute Gasteiger partial charge is 0.467 e. The van der Waals surface area contributed by atoms with Crippen LogP contribution in [0.4, 0.5) is 0 Å².